The third-order valence-corrected chi connectivity index (χ3v) is 7.58. The Balaban J connectivity index is 0.000000605. The zero-order valence-electron chi connectivity index (χ0n) is 21.8. The van der Waals surface area contributed by atoms with Crippen molar-refractivity contribution in [2.45, 2.75) is 74.3 Å². The number of alkyl halides is 1. The molecule has 2 heterocycles. The lowest BCUT2D eigenvalue weighted by atomic mass is 10.00. The van der Waals surface area contributed by atoms with Gasteiger partial charge in [0.25, 0.3) is 0 Å². The van der Waals surface area contributed by atoms with E-state index in [1.165, 1.54) is 28.4 Å². The van der Waals surface area contributed by atoms with E-state index in [2.05, 4.69) is 28.6 Å². The van der Waals surface area contributed by atoms with Crippen LogP contribution in [-0.2, 0) is 28.4 Å². The van der Waals surface area contributed by atoms with Gasteiger partial charge in [-0.1, -0.05) is 15.9 Å². The van der Waals surface area contributed by atoms with Crippen molar-refractivity contribution in [1.29, 1.82) is 0 Å². The van der Waals surface area contributed by atoms with Gasteiger partial charge in [0.15, 0.2) is 12.6 Å². The average molecular weight is 646 g/mol. The molecule has 2 aliphatic heterocycles. The molecule has 10 atom stereocenters. The number of aliphatic hydroxyl groups excluding tert-OH is 6. The van der Waals surface area contributed by atoms with Crippen molar-refractivity contribution >= 4 is 40.3 Å². The maximum Gasteiger partial charge on any atom is 0.186 e. The van der Waals surface area contributed by atoms with Crippen LogP contribution in [0.25, 0.3) is 0 Å². The smallest absolute Gasteiger partial charge is 0.186 e. The second kappa shape index (κ2) is 22.4. The molecule has 0 aromatic rings. The second-order valence-corrected chi connectivity index (χ2v) is 10.3. The lowest BCUT2D eigenvalue weighted by molar-refractivity contribution is -0.288. The number of ether oxygens (including phenoxy) is 6. The summed E-state index contributed by atoms with van der Waals surface area (Å²) in [6, 6.07) is 0. The molecule has 2 fully saturated rings. The second-order valence-electron chi connectivity index (χ2n) is 8.03. The molecule has 2 saturated heterocycles. The van der Waals surface area contributed by atoms with Crippen LogP contribution in [0.3, 0.4) is 0 Å². The van der Waals surface area contributed by atoms with Crippen LogP contribution in [0.1, 0.15) is 12.8 Å². The van der Waals surface area contributed by atoms with Crippen LogP contribution in [0.2, 0.25) is 0 Å². The number of methoxy groups -OCH3 is 4. The molecule has 2 rings (SSSR count). The third kappa shape index (κ3) is 12.8. The first kappa shape index (κ1) is 37.7. The highest BCUT2D eigenvalue weighted by molar-refractivity contribution is 9.09. The van der Waals surface area contributed by atoms with Crippen molar-refractivity contribution in [3.8, 4) is 0 Å². The van der Waals surface area contributed by atoms with Crippen molar-refractivity contribution in [2.24, 2.45) is 0 Å². The van der Waals surface area contributed by atoms with Gasteiger partial charge >= 0.3 is 0 Å². The summed E-state index contributed by atoms with van der Waals surface area (Å²) in [7, 11) is 5.78. The summed E-state index contributed by atoms with van der Waals surface area (Å²) in [4.78, 5) is 0. The minimum atomic E-state index is -1.11. The largest absolute Gasteiger partial charge is 0.396 e. The quantitative estimate of drug-likeness (QED) is 0.0783. The average Bonchev–Trinajstić information content (AvgIpc) is 2.91. The lowest BCUT2D eigenvalue weighted by Gasteiger charge is -2.41. The van der Waals surface area contributed by atoms with Crippen LogP contribution in [0.15, 0.2) is 0 Å². The van der Waals surface area contributed by atoms with Crippen LogP contribution in [0.5, 0.6) is 0 Å². The maximum atomic E-state index is 9.93. The molecule has 37 heavy (non-hydrogen) atoms. The van der Waals surface area contributed by atoms with Crippen LogP contribution >= 0.6 is 40.3 Å². The number of hydrogen-bond acceptors (Lipinski definition) is 14. The molecular formula is C22H45BrO12S2. The summed E-state index contributed by atoms with van der Waals surface area (Å²) in [5.74, 6) is 2.21. The van der Waals surface area contributed by atoms with Crippen molar-refractivity contribution in [2.75, 3.05) is 64.2 Å². The van der Waals surface area contributed by atoms with Gasteiger partial charge in [-0.25, -0.2) is 0 Å². The molecule has 15 heteroatoms. The molecule has 2 aliphatic rings. The highest BCUT2D eigenvalue weighted by Gasteiger charge is 2.45. The molecule has 0 aromatic heterocycles. The van der Waals surface area contributed by atoms with Gasteiger partial charge in [0.05, 0.1) is 12.2 Å². The van der Waals surface area contributed by atoms with Gasteiger partial charge < -0.3 is 59.1 Å². The van der Waals surface area contributed by atoms with Crippen molar-refractivity contribution < 1.29 is 59.1 Å². The van der Waals surface area contributed by atoms with E-state index in [1.807, 2.05) is 0 Å². The molecule has 0 spiro atoms. The highest BCUT2D eigenvalue weighted by atomic mass is 79.9. The van der Waals surface area contributed by atoms with E-state index in [0.717, 1.165) is 17.9 Å². The summed E-state index contributed by atoms with van der Waals surface area (Å²) >= 11 is 8.69. The lowest BCUT2D eigenvalue weighted by Crippen LogP contribution is -2.59. The van der Waals surface area contributed by atoms with Crippen LogP contribution in [-0.4, -0.2) is 156 Å². The minimum absolute atomic E-state index is 0.161. The Kier molecular flexibility index (Phi) is 22.8. The van der Waals surface area contributed by atoms with Crippen LogP contribution in [0, 0.1) is 0 Å². The molecular weight excluding hydrogens is 600 g/mol. The van der Waals surface area contributed by atoms with E-state index < -0.39 is 49.2 Å². The molecule has 4 unspecified atom stereocenters. The fraction of sp³-hybridized carbons (Fsp3) is 1.00. The Morgan fingerprint density at radius 2 is 1.19 bits per heavy atom. The van der Waals surface area contributed by atoms with E-state index in [0.29, 0.717) is 17.5 Å². The molecule has 12 nitrogen and oxygen atoms in total. The van der Waals surface area contributed by atoms with E-state index >= 15 is 0 Å². The molecule has 0 saturated carbocycles. The van der Waals surface area contributed by atoms with Crippen LogP contribution < -0.4 is 0 Å². The van der Waals surface area contributed by atoms with Gasteiger partial charge in [-0.2, -0.15) is 24.4 Å². The van der Waals surface area contributed by atoms with E-state index in [-0.39, 0.29) is 25.4 Å². The predicted molar refractivity (Wildman–Crippen MR) is 145 cm³/mol. The molecule has 0 radical (unpaired) electrons. The third-order valence-electron chi connectivity index (χ3n) is 5.49. The SMILES string of the molecule is CO[C@H]1OC(CBr)[C@@H](OC)[C@H](O)C1O.CO[C@H]1OC(CSCCCO)[C@@H](OC)[C@H](O)C1O.OCCCS. The van der Waals surface area contributed by atoms with Crippen molar-refractivity contribution in [3.05, 3.63) is 0 Å². The highest BCUT2D eigenvalue weighted by Crippen LogP contribution is 2.26. The first-order valence-electron chi connectivity index (χ1n) is 11.8. The van der Waals surface area contributed by atoms with E-state index in [1.54, 1.807) is 11.8 Å². The molecule has 0 bridgehead atoms. The van der Waals surface area contributed by atoms with Crippen LogP contribution in [0.4, 0.5) is 0 Å². The number of hydrogen-bond donors (Lipinski definition) is 7. The number of aliphatic hydroxyl groups is 6. The summed E-state index contributed by atoms with van der Waals surface area (Å²) in [5, 5.41) is 56.1. The van der Waals surface area contributed by atoms with Gasteiger partial charge in [-0.3, -0.25) is 0 Å². The van der Waals surface area contributed by atoms with Gasteiger partial charge in [0, 0.05) is 52.7 Å². The van der Waals surface area contributed by atoms with Crippen molar-refractivity contribution in [1.82, 2.24) is 0 Å². The Bertz CT molecular complexity index is 540. The summed E-state index contributed by atoms with van der Waals surface area (Å²) in [6.45, 7) is 0.428. The first-order chi connectivity index (χ1) is 17.7. The molecule has 0 aromatic carbocycles. The van der Waals surface area contributed by atoms with Gasteiger partial charge in [-0.05, 0) is 24.3 Å². The topological polar surface area (TPSA) is 177 Å². The Morgan fingerprint density at radius 3 is 1.54 bits per heavy atom. The maximum absolute atomic E-state index is 9.93. The predicted octanol–water partition coefficient (Wildman–Crippen LogP) is -1.00. The number of halogens is 1. The van der Waals surface area contributed by atoms with Gasteiger partial charge in [0.1, 0.15) is 36.6 Å². The van der Waals surface area contributed by atoms with Crippen molar-refractivity contribution in [3.63, 3.8) is 0 Å². The zero-order valence-corrected chi connectivity index (χ0v) is 25.1. The fourth-order valence-corrected chi connectivity index (χ4v) is 5.14. The Morgan fingerprint density at radius 1 is 0.730 bits per heavy atom. The standard InChI is InChI=1S/C11H22O6S.C8H15BrO5.C3H8OS/c1-15-10-7(6-18-5-3-4-12)17-11(16-2)9(14)8(10)13;1-12-7-4(3-9)14-8(13-2)6(11)5(7)10;4-2-1-3-5/h7-14H,3-6H2,1-2H3;4-8,10-11H,3H2,1-2H3;4-5H,1-3H2/t7?,8-,9?,10-,11+;4?,5-,6?,7-,8+;/m11./s1. The summed E-state index contributed by atoms with van der Waals surface area (Å²) in [6.07, 6.45) is -6.14. The monoisotopic (exact) mass is 644 g/mol. The Labute approximate surface area is 237 Å². The first-order valence-corrected chi connectivity index (χ1v) is 14.7. The number of thioether (sulfide) groups is 1. The van der Waals surface area contributed by atoms with E-state index in [9.17, 15) is 20.4 Å². The molecule has 0 aliphatic carbocycles. The number of rotatable bonds is 12. The molecule has 0 amide bonds. The summed E-state index contributed by atoms with van der Waals surface area (Å²) in [5.41, 5.74) is 0. The van der Waals surface area contributed by atoms with Gasteiger partial charge in [-0.15, -0.1) is 0 Å². The summed E-state index contributed by atoms with van der Waals surface area (Å²) < 4.78 is 31.0. The Hall–Kier alpha value is 0.700. The van der Waals surface area contributed by atoms with Gasteiger partial charge in [0.2, 0.25) is 0 Å². The zero-order chi connectivity index (χ0) is 28.4. The van der Waals surface area contributed by atoms with E-state index in [4.69, 9.17) is 38.6 Å². The normalized spacial score (nSPS) is 35.7. The fourth-order valence-electron chi connectivity index (χ4n) is 3.48. The molecule has 6 N–H and O–H groups in total. The minimum Gasteiger partial charge on any atom is -0.396 e. The number of thiol groups is 1. The molecule has 224 valence electrons.